The molecule has 2 aliphatic rings. The molecule has 0 aromatic heterocycles. The molecule has 0 aromatic rings. The average molecular weight is 182 g/mol. The molecule has 0 unspecified atom stereocenters. The van der Waals surface area contributed by atoms with Crippen LogP contribution in [-0.2, 0) is 4.79 Å². The van der Waals surface area contributed by atoms with Crippen LogP contribution in [-0.4, -0.2) is 35.9 Å². The maximum absolute atomic E-state index is 11.0. The SMILES string of the molecule is NC1(CCN2CCC(=O)CC2)CC1. The molecule has 2 fully saturated rings. The summed E-state index contributed by atoms with van der Waals surface area (Å²) in [6.07, 6.45) is 5.00. The Kier molecular flexibility index (Phi) is 2.39. The minimum absolute atomic E-state index is 0.168. The zero-order valence-corrected chi connectivity index (χ0v) is 8.09. The molecule has 1 aliphatic carbocycles. The molecule has 0 aromatic carbocycles. The molecule has 2 rings (SSSR count). The monoisotopic (exact) mass is 182 g/mol. The molecule has 3 heteroatoms. The van der Waals surface area contributed by atoms with E-state index in [1.54, 1.807) is 0 Å². The van der Waals surface area contributed by atoms with Gasteiger partial charge in [-0.05, 0) is 25.8 Å². The van der Waals surface area contributed by atoms with E-state index in [2.05, 4.69) is 4.90 Å². The van der Waals surface area contributed by atoms with E-state index >= 15 is 0 Å². The maximum Gasteiger partial charge on any atom is 0.135 e. The summed E-state index contributed by atoms with van der Waals surface area (Å²) in [5, 5.41) is 0. The fourth-order valence-corrected chi connectivity index (χ4v) is 1.82. The maximum atomic E-state index is 11.0. The summed E-state index contributed by atoms with van der Waals surface area (Å²) in [6, 6.07) is 0. The minimum Gasteiger partial charge on any atom is -0.325 e. The van der Waals surface area contributed by atoms with Crippen molar-refractivity contribution in [1.29, 1.82) is 0 Å². The number of Topliss-reactive ketones (excluding diaryl/α,β-unsaturated/α-hetero) is 1. The van der Waals surface area contributed by atoms with Gasteiger partial charge in [-0.15, -0.1) is 0 Å². The highest BCUT2D eigenvalue weighted by atomic mass is 16.1. The molecule has 1 saturated heterocycles. The fraction of sp³-hybridized carbons (Fsp3) is 0.900. The van der Waals surface area contributed by atoms with Gasteiger partial charge in [0.15, 0.2) is 0 Å². The zero-order chi connectivity index (χ0) is 9.31. The molecule has 0 amide bonds. The van der Waals surface area contributed by atoms with Crippen LogP contribution in [0.25, 0.3) is 0 Å². The van der Waals surface area contributed by atoms with Gasteiger partial charge < -0.3 is 10.6 Å². The Morgan fingerprint density at radius 1 is 1.31 bits per heavy atom. The summed E-state index contributed by atoms with van der Waals surface area (Å²) in [7, 11) is 0. The number of nitrogens with zero attached hydrogens (tertiary/aromatic N) is 1. The van der Waals surface area contributed by atoms with Gasteiger partial charge >= 0.3 is 0 Å². The number of carbonyl (C=O) groups is 1. The largest absolute Gasteiger partial charge is 0.325 e. The smallest absolute Gasteiger partial charge is 0.135 e. The van der Waals surface area contributed by atoms with E-state index in [0.29, 0.717) is 5.78 Å². The van der Waals surface area contributed by atoms with Gasteiger partial charge in [-0.1, -0.05) is 0 Å². The molecule has 1 aliphatic heterocycles. The average Bonchev–Trinajstić information content (AvgIpc) is 2.84. The van der Waals surface area contributed by atoms with Gasteiger partial charge in [0.05, 0.1) is 0 Å². The lowest BCUT2D eigenvalue weighted by atomic mass is 10.1. The van der Waals surface area contributed by atoms with Crippen LogP contribution in [0, 0.1) is 0 Å². The number of piperidine rings is 1. The number of carbonyl (C=O) groups excluding carboxylic acids is 1. The second kappa shape index (κ2) is 3.39. The molecular formula is C10H18N2O. The van der Waals surface area contributed by atoms with Crippen molar-refractivity contribution in [2.75, 3.05) is 19.6 Å². The van der Waals surface area contributed by atoms with Crippen molar-refractivity contribution in [3.05, 3.63) is 0 Å². The van der Waals surface area contributed by atoms with Crippen molar-refractivity contribution in [3.8, 4) is 0 Å². The standard InChI is InChI=1S/C10H18N2O/c11-10(3-4-10)5-8-12-6-1-9(13)2-7-12/h1-8,11H2. The number of nitrogens with two attached hydrogens (primary N) is 1. The van der Waals surface area contributed by atoms with Crippen LogP contribution < -0.4 is 5.73 Å². The van der Waals surface area contributed by atoms with Crippen LogP contribution in [0.5, 0.6) is 0 Å². The van der Waals surface area contributed by atoms with E-state index in [4.69, 9.17) is 5.73 Å². The van der Waals surface area contributed by atoms with Gasteiger partial charge in [0.2, 0.25) is 0 Å². The Hall–Kier alpha value is -0.410. The van der Waals surface area contributed by atoms with Crippen molar-refractivity contribution >= 4 is 5.78 Å². The lowest BCUT2D eigenvalue weighted by molar-refractivity contribution is -0.121. The summed E-state index contributed by atoms with van der Waals surface area (Å²) in [4.78, 5) is 13.3. The highest BCUT2D eigenvalue weighted by molar-refractivity contribution is 5.79. The highest BCUT2D eigenvalue weighted by Gasteiger charge is 2.37. The van der Waals surface area contributed by atoms with E-state index in [0.717, 1.165) is 38.9 Å². The van der Waals surface area contributed by atoms with Crippen LogP contribution >= 0.6 is 0 Å². The summed E-state index contributed by atoms with van der Waals surface area (Å²) in [6.45, 7) is 2.99. The number of hydrogen-bond donors (Lipinski definition) is 1. The number of hydrogen-bond acceptors (Lipinski definition) is 3. The first kappa shape index (κ1) is 9.16. The molecule has 2 N–H and O–H groups in total. The van der Waals surface area contributed by atoms with Crippen LogP contribution in [0.4, 0.5) is 0 Å². The normalized spacial score (nSPS) is 27.6. The van der Waals surface area contributed by atoms with Crippen LogP contribution in [0.1, 0.15) is 32.1 Å². The Morgan fingerprint density at radius 3 is 2.46 bits per heavy atom. The molecule has 0 radical (unpaired) electrons. The summed E-state index contributed by atoms with van der Waals surface area (Å²) in [5.41, 5.74) is 6.17. The van der Waals surface area contributed by atoms with E-state index in [1.807, 2.05) is 0 Å². The van der Waals surface area contributed by atoms with E-state index in [-0.39, 0.29) is 5.54 Å². The van der Waals surface area contributed by atoms with Crippen molar-refractivity contribution in [2.45, 2.75) is 37.6 Å². The third-order valence-corrected chi connectivity index (χ3v) is 3.23. The number of likely N-dealkylation sites (tertiary alicyclic amines) is 1. The molecule has 0 spiro atoms. The van der Waals surface area contributed by atoms with Crippen LogP contribution in [0.2, 0.25) is 0 Å². The predicted molar refractivity (Wildman–Crippen MR) is 51.5 cm³/mol. The fourth-order valence-electron chi connectivity index (χ4n) is 1.82. The lowest BCUT2D eigenvalue weighted by Crippen LogP contribution is -2.37. The third kappa shape index (κ3) is 2.51. The molecule has 0 bridgehead atoms. The third-order valence-electron chi connectivity index (χ3n) is 3.23. The highest BCUT2D eigenvalue weighted by Crippen LogP contribution is 2.35. The Labute approximate surface area is 79.3 Å². The van der Waals surface area contributed by atoms with Gasteiger partial charge in [0.1, 0.15) is 5.78 Å². The quantitative estimate of drug-likeness (QED) is 0.692. The van der Waals surface area contributed by atoms with Gasteiger partial charge in [0.25, 0.3) is 0 Å². The summed E-state index contributed by atoms with van der Waals surface area (Å²) >= 11 is 0. The Balaban J connectivity index is 1.67. The molecule has 74 valence electrons. The van der Waals surface area contributed by atoms with Crippen molar-refractivity contribution in [3.63, 3.8) is 0 Å². The molecule has 0 atom stereocenters. The minimum atomic E-state index is 0.168. The topological polar surface area (TPSA) is 46.3 Å². The zero-order valence-electron chi connectivity index (χ0n) is 8.09. The molecule has 3 nitrogen and oxygen atoms in total. The van der Waals surface area contributed by atoms with Crippen LogP contribution in [0.3, 0.4) is 0 Å². The first-order valence-corrected chi connectivity index (χ1v) is 5.21. The second-order valence-corrected chi connectivity index (χ2v) is 4.49. The van der Waals surface area contributed by atoms with Crippen molar-refractivity contribution < 1.29 is 4.79 Å². The van der Waals surface area contributed by atoms with Gasteiger partial charge in [-0.2, -0.15) is 0 Å². The number of rotatable bonds is 3. The molecule has 1 heterocycles. The molecule has 13 heavy (non-hydrogen) atoms. The van der Waals surface area contributed by atoms with Crippen molar-refractivity contribution in [2.24, 2.45) is 5.73 Å². The van der Waals surface area contributed by atoms with Gasteiger partial charge in [-0.25, -0.2) is 0 Å². The molecule has 1 saturated carbocycles. The first-order valence-electron chi connectivity index (χ1n) is 5.21. The first-order chi connectivity index (χ1) is 6.18. The molecular weight excluding hydrogens is 164 g/mol. The van der Waals surface area contributed by atoms with Crippen molar-refractivity contribution in [1.82, 2.24) is 4.90 Å². The van der Waals surface area contributed by atoms with Crippen LogP contribution in [0.15, 0.2) is 0 Å². The second-order valence-electron chi connectivity index (χ2n) is 4.49. The summed E-state index contributed by atoms with van der Waals surface area (Å²) in [5.74, 6) is 0.421. The van der Waals surface area contributed by atoms with Gasteiger partial charge in [0, 0.05) is 31.5 Å². The van der Waals surface area contributed by atoms with Gasteiger partial charge in [-0.3, -0.25) is 4.79 Å². The summed E-state index contributed by atoms with van der Waals surface area (Å²) < 4.78 is 0. The van der Waals surface area contributed by atoms with E-state index in [1.165, 1.54) is 12.8 Å². The van der Waals surface area contributed by atoms with E-state index in [9.17, 15) is 4.79 Å². The Bertz CT molecular complexity index is 201. The number of ketones is 1. The predicted octanol–water partition coefficient (Wildman–Crippen LogP) is 0.533. The lowest BCUT2D eigenvalue weighted by Gasteiger charge is -2.26. The Morgan fingerprint density at radius 2 is 1.92 bits per heavy atom. The van der Waals surface area contributed by atoms with E-state index < -0.39 is 0 Å².